The molecule has 1 aromatic carbocycles. The number of nitrogens with zero attached hydrogens (tertiary/aromatic N) is 3. The smallest absolute Gasteiger partial charge is 0.236 e. The average molecular weight is 358 g/mol. The molecule has 1 unspecified atom stereocenters. The quantitative estimate of drug-likeness (QED) is 0.810. The molecule has 4 nitrogen and oxygen atoms in total. The lowest BCUT2D eigenvalue weighted by molar-refractivity contribution is -0.131. The van der Waals surface area contributed by atoms with Crippen molar-refractivity contribution in [3.05, 3.63) is 35.9 Å². The van der Waals surface area contributed by atoms with E-state index < -0.39 is 0 Å². The van der Waals surface area contributed by atoms with Crippen molar-refractivity contribution in [1.29, 1.82) is 0 Å². The fourth-order valence-electron chi connectivity index (χ4n) is 4.73. The lowest BCUT2D eigenvalue weighted by Crippen LogP contribution is -2.52. The van der Waals surface area contributed by atoms with Crippen molar-refractivity contribution >= 4 is 5.91 Å². The summed E-state index contributed by atoms with van der Waals surface area (Å²) in [5.41, 5.74) is 1.91. The van der Waals surface area contributed by atoms with Crippen molar-refractivity contribution in [3.63, 3.8) is 0 Å². The van der Waals surface area contributed by atoms with E-state index in [-0.39, 0.29) is 5.91 Å². The van der Waals surface area contributed by atoms with Crippen molar-refractivity contribution in [1.82, 2.24) is 14.7 Å². The average Bonchev–Trinajstić information content (AvgIpc) is 2.69. The molecule has 2 aliphatic heterocycles. The minimum absolute atomic E-state index is 0.254. The number of carbonyl (C=O) groups is 1. The molecule has 2 saturated heterocycles. The molecule has 1 aromatic rings. The Morgan fingerprint density at radius 2 is 1.85 bits per heavy atom. The van der Waals surface area contributed by atoms with E-state index in [4.69, 9.17) is 0 Å². The van der Waals surface area contributed by atoms with Crippen molar-refractivity contribution in [2.75, 3.05) is 52.9 Å². The van der Waals surface area contributed by atoms with Crippen LogP contribution in [-0.4, -0.2) is 73.5 Å². The molecular formula is C22H35N3O. The predicted molar refractivity (Wildman–Crippen MR) is 107 cm³/mol. The van der Waals surface area contributed by atoms with Crippen molar-refractivity contribution in [3.8, 4) is 0 Å². The second-order valence-corrected chi connectivity index (χ2v) is 8.32. The summed E-state index contributed by atoms with van der Waals surface area (Å²) in [5, 5.41) is 0. The van der Waals surface area contributed by atoms with Gasteiger partial charge in [0, 0.05) is 26.7 Å². The van der Waals surface area contributed by atoms with Gasteiger partial charge < -0.3 is 9.80 Å². The van der Waals surface area contributed by atoms with E-state index in [1.165, 1.54) is 37.9 Å². The van der Waals surface area contributed by atoms with E-state index in [0.29, 0.717) is 17.9 Å². The molecular weight excluding hydrogens is 322 g/mol. The molecule has 2 fully saturated rings. The van der Waals surface area contributed by atoms with Gasteiger partial charge in [0.25, 0.3) is 0 Å². The standard InChI is InChI=1S/C22H35N3O/c1-4-23(3)21(26)17-25-13-11-22(12-14-25)15-20(16-24(5-2)18-22)19-9-7-6-8-10-19/h6-10,20H,4-5,11-18H2,1-3H3. The molecule has 4 heteroatoms. The number of benzene rings is 1. The van der Waals surface area contributed by atoms with Gasteiger partial charge in [0.15, 0.2) is 0 Å². The summed E-state index contributed by atoms with van der Waals surface area (Å²) in [7, 11) is 1.90. The van der Waals surface area contributed by atoms with Crippen LogP contribution in [0.1, 0.15) is 44.6 Å². The molecule has 1 amide bonds. The maximum absolute atomic E-state index is 12.2. The molecule has 0 bridgehead atoms. The molecule has 2 heterocycles. The second-order valence-electron chi connectivity index (χ2n) is 8.32. The van der Waals surface area contributed by atoms with Crippen LogP contribution in [0.15, 0.2) is 30.3 Å². The number of rotatable bonds is 5. The third kappa shape index (κ3) is 4.47. The first kappa shape index (κ1) is 19.4. The molecule has 1 atom stereocenters. The summed E-state index contributed by atoms with van der Waals surface area (Å²) < 4.78 is 0. The Kier molecular flexibility index (Phi) is 6.36. The first-order chi connectivity index (χ1) is 12.5. The fourth-order valence-corrected chi connectivity index (χ4v) is 4.73. The number of likely N-dealkylation sites (N-methyl/N-ethyl adjacent to an activating group) is 2. The normalized spacial score (nSPS) is 23.9. The number of likely N-dealkylation sites (tertiary alicyclic amines) is 2. The maximum atomic E-state index is 12.2. The number of hydrogen-bond donors (Lipinski definition) is 0. The van der Waals surface area contributed by atoms with Crippen LogP contribution in [0, 0.1) is 5.41 Å². The summed E-state index contributed by atoms with van der Waals surface area (Å²) in [4.78, 5) is 19.1. The Balaban J connectivity index is 1.63. The minimum Gasteiger partial charge on any atom is -0.345 e. The third-order valence-corrected chi connectivity index (χ3v) is 6.61. The van der Waals surface area contributed by atoms with E-state index in [2.05, 4.69) is 47.1 Å². The number of amides is 1. The molecule has 3 rings (SSSR count). The van der Waals surface area contributed by atoms with Crippen LogP contribution in [0.2, 0.25) is 0 Å². The van der Waals surface area contributed by atoms with Gasteiger partial charge in [-0.3, -0.25) is 9.69 Å². The summed E-state index contributed by atoms with van der Waals surface area (Å²) >= 11 is 0. The molecule has 0 N–H and O–H groups in total. The molecule has 0 aromatic heterocycles. The van der Waals surface area contributed by atoms with Gasteiger partial charge in [0.05, 0.1) is 6.54 Å². The van der Waals surface area contributed by atoms with Crippen LogP contribution in [0.4, 0.5) is 0 Å². The third-order valence-electron chi connectivity index (χ3n) is 6.61. The molecule has 0 aliphatic carbocycles. The zero-order chi connectivity index (χ0) is 18.6. The van der Waals surface area contributed by atoms with Crippen molar-refractivity contribution in [2.45, 2.75) is 39.0 Å². The Morgan fingerprint density at radius 3 is 2.46 bits per heavy atom. The van der Waals surface area contributed by atoms with E-state index in [0.717, 1.165) is 26.2 Å². The van der Waals surface area contributed by atoms with Gasteiger partial charge in [-0.05, 0) is 62.7 Å². The highest BCUT2D eigenvalue weighted by molar-refractivity contribution is 5.77. The highest BCUT2D eigenvalue weighted by Crippen LogP contribution is 2.44. The largest absolute Gasteiger partial charge is 0.345 e. The molecule has 26 heavy (non-hydrogen) atoms. The Hall–Kier alpha value is -1.39. The first-order valence-electron chi connectivity index (χ1n) is 10.3. The molecule has 0 radical (unpaired) electrons. The fraction of sp³-hybridized carbons (Fsp3) is 0.682. The zero-order valence-corrected chi connectivity index (χ0v) is 16.8. The van der Waals surface area contributed by atoms with E-state index in [9.17, 15) is 4.79 Å². The second kappa shape index (κ2) is 8.53. The summed E-state index contributed by atoms with van der Waals surface area (Å²) in [6, 6.07) is 11.1. The van der Waals surface area contributed by atoms with Crippen LogP contribution >= 0.6 is 0 Å². The summed E-state index contributed by atoms with van der Waals surface area (Å²) in [6.07, 6.45) is 3.73. The molecule has 1 spiro atoms. The van der Waals surface area contributed by atoms with Crippen LogP contribution in [0.25, 0.3) is 0 Å². The molecule has 144 valence electrons. The van der Waals surface area contributed by atoms with Crippen molar-refractivity contribution in [2.24, 2.45) is 5.41 Å². The highest BCUT2D eigenvalue weighted by Gasteiger charge is 2.42. The lowest BCUT2D eigenvalue weighted by Gasteiger charge is -2.50. The van der Waals surface area contributed by atoms with Gasteiger partial charge in [0.2, 0.25) is 5.91 Å². The Labute approximate surface area is 159 Å². The zero-order valence-electron chi connectivity index (χ0n) is 16.8. The van der Waals surface area contributed by atoms with Gasteiger partial charge in [0.1, 0.15) is 0 Å². The molecule has 0 saturated carbocycles. The lowest BCUT2D eigenvalue weighted by atomic mass is 9.68. The van der Waals surface area contributed by atoms with Gasteiger partial charge in [-0.1, -0.05) is 37.3 Å². The van der Waals surface area contributed by atoms with Gasteiger partial charge >= 0.3 is 0 Å². The Bertz CT molecular complexity index is 580. The van der Waals surface area contributed by atoms with Crippen LogP contribution < -0.4 is 0 Å². The topological polar surface area (TPSA) is 26.8 Å². The van der Waals surface area contributed by atoms with E-state index >= 15 is 0 Å². The Morgan fingerprint density at radius 1 is 1.15 bits per heavy atom. The van der Waals surface area contributed by atoms with Gasteiger partial charge in [-0.15, -0.1) is 0 Å². The van der Waals surface area contributed by atoms with E-state index in [1.54, 1.807) is 0 Å². The van der Waals surface area contributed by atoms with Crippen LogP contribution in [0.5, 0.6) is 0 Å². The SMILES string of the molecule is CCN1CC(c2ccccc2)CC2(CCN(CC(=O)N(C)CC)CC2)C1. The predicted octanol–water partition coefficient (Wildman–Crippen LogP) is 3.06. The van der Waals surface area contributed by atoms with E-state index in [1.807, 2.05) is 18.9 Å². The van der Waals surface area contributed by atoms with Crippen molar-refractivity contribution < 1.29 is 4.79 Å². The first-order valence-corrected chi connectivity index (χ1v) is 10.3. The number of piperidine rings is 2. The number of hydrogen-bond acceptors (Lipinski definition) is 3. The highest BCUT2D eigenvalue weighted by atomic mass is 16.2. The minimum atomic E-state index is 0.254. The monoisotopic (exact) mass is 357 g/mol. The maximum Gasteiger partial charge on any atom is 0.236 e. The van der Waals surface area contributed by atoms with Gasteiger partial charge in [-0.25, -0.2) is 0 Å². The summed E-state index contributed by atoms with van der Waals surface area (Å²) in [6.45, 7) is 11.4. The molecule has 2 aliphatic rings. The van der Waals surface area contributed by atoms with Crippen LogP contribution in [-0.2, 0) is 4.79 Å². The van der Waals surface area contributed by atoms with Crippen LogP contribution in [0.3, 0.4) is 0 Å². The number of carbonyl (C=O) groups excluding carboxylic acids is 1. The summed E-state index contributed by atoms with van der Waals surface area (Å²) in [5.74, 6) is 0.897. The van der Waals surface area contributed by atoms with Gasteiger partial charge in [-0.2, -0.15) is 0 Å².